The molecule has 0 amide bonds. The maximum atomic E-state index is 12.7. The van der Waals surface area contributed by atoms with Crippen molar-refractivity contribution < 1.29 is 0 Å². The summed E-state index contributed by atoms with van der Waals surface area (Å²) in [5.41, 5.74) is 1.24. The Morgan fingerprint density at radius 2 is 1.78 bits per heavy atom. The summed E-state index contributed by atoms with van der Waals surface area (Å²) < 4.78 is 1.37. The lowest BCUT2D eigenvalue weighted by molar-refractivity contribution is 0.135. The molecular weight excluding hydrogens is 360 g/mol. The average Bonchev–Trinajstić information content (AvgIpc) is 3.35. The summed E-state index contributed by atoms with van der Waals surface area (Å²) in [5.74, 6) is 1.89. The Morgan fingerprint density at radius 1 is 1.00 bits per heavy atom. The zero-order chi connectivity index (χ0) is 18.4. The molecule has 3 aliphatic rings. The molecule has 3 atom stereocenters. The van der Waals surface area contributed by atoms with Gasteiger partial charge >= 0.3 is 0 Å². The first kappa shape index (κ1) is 17.3. The molecule has 1 aromatic carbocycles. The van der Waals surface area contributed by atoms with Crippen molar-refractivity contribution in [3.05, 3.63) is 51.9 Å². The fourth-order valence-electron chi connectivity index (χ4n) is 5.35. The zero-order valence-corrected chi connectivity index (χ0v) is 16.2. The molecule has 0 radical (unpaired) electrons. The van der Waals surface area contributed by atoms with Crippen LogP contribution >= 0.6 is 11.6 Å². The number of rotatable bonds is 3. The van der Waals surface area contributed by atoms with Gasteiger partial charge in [0.2, 0.25) is 0 Å². The highest BCUT2D eigenvalue weighted by molar-refractivity contribution is 6.33. The molecule has 27 heavy (non-hydrogen) atoms. The summed E-state index contributed by atoms with van der Waals surface area (Å²) in [6.07, 6.45) is 7.44. The van der Waals surface area contributed by atoms with E-state index in [1.165, 1.54) is 30.4 Å². The molecule has 5 nitrogen and oxygen atoms in total. The van der Waals surface area contributed by atoms with Gasteiger partial charge in [-0.05, 0) is 43.2 Å². The van der Waals surface area contributed by atoms with Crippen LogP contribution in [0.15, 0.2) is 41.3 Å². The molecule has 2 saturated carbocycles. The van der Waals surface area contributed by atoms with Crippen molar-refractivity contribution >= 4 is 17.3 Å². The maximum absolute atomic E-state index is 12.7. The van der Waals surface area contributed by atoms with Crippen LogP contribution in [-0.4, -0.2) is 46.9 Å². The summed E-state index contributed by atoms with van der Waals surface area (Å²) in [6.45, 7) is 3.91. The van der Waals surface area contributed by atoms with E-state index in [9.17, 15) is 4.79 Å². The number of anilines is 1. The second-order valence-electron chi connectivity index (χ2n) is 8.16. The maximum Gasteiger partial charge on any atom is 0.292 e. The van der Waals surface area contributed by atoms with Crippen LogP contribution in [0.5, 0.6) is 0 Å². The standard InChI is InChI=1S/C21H25ClN4O/c22-20-19(14-23-26(21(20)27)17-4-2-1-3-5-17)25-10-8-24(9-11-25)18-13-15-6-7-16(18)12-15/h1-5,14-16,18H,6-13H2. The summed E-state index contributed by atoms with van der Waals surface area (Å²) in [6, 6.07) is 10.2. The smallest absolute Gasteiger partial charge is 0.292 e. The summed E-state index contributed by atoms with van der Waals surface area (Å²) in [7, 11) is 0. The van der Waals surface area contributed by atoms with Crippen molar-refractivity contribution in [1.29, 1.82) is 0 Å². The van der Waals surface area contributed by atoms with Gasteiger partial charge in [0.1, 0.15) is 5.02 Å². The first-order valence-electron chi connectivity index (χ1n) is 10.0. The van der Waals surface area contributed by atoms with Crippen LogP contribution in [0.4, 0.5) is 5.69 Å². The van der Waals surface area contributed by atoms with E-state index < -0.39 is 0 Å². The van der Waals surface area contributed by atoms with Gasteiger partial charge in [0, 0.05) is 32.2 Å². The number of para-hydroxylation sites is 1. The Labute approximate surface area is 164 Å². The SMILES string of the molecule is O=c1c(Cl)c(N2CCN(C3CC4CCC3C4)CC2)cnn1-c1ccccc1. The minimum absolute atomic E-state index is 0.254. The van der Waals surface area contributed by atoms with Crippen molar-refractivity contribution in [2.45, 2.75) is 31.7 Å². The van der Waals surface area contributed by atoms with Crippen molar-refractivity contribution in [2.75, 3.05) is 31.1 Å². The molecule has 5 rings (SSSR count). The number of piperazine rings is 1. The fourth-order valence-corrected chi connectivity index (χ4v) is 5.60. The fraction of sp³-hybridized carbons (Fsp3) is 0.524. The Kier molecular flexibility index (Phi) is 4.44. The Hall–Kier alpha value is -1.85. The van der Waals surface area contributed by atoms with Gasteiger partial charge in [0.25, 0.3) is 5.56 Å². The molecule has 142 valence electrons. The second kappa shape index (κ2) is 6.95. The number of benzene rings is 1. The van der Waals surface area contributed by atoms with E-state index in [2.05, 4.69) is 14.9 Å². The third kappa shape index (κ3) is 3.07. The number of aromatic nitrogens is 2. The van der Waals surface area contributed by atoms with Crippen LogP contribution in [0.2, 0.25) is 5.02 Å². The van der Waals surface area contributed by atoms with Crippen LogP contribution in [0.3, 0.4) is 0 Å². The lowest BCUT2D eigenvalue weighted by atomic mass is 9.93. The highest BCUT2D eigenvalue weighted by Gasteiger charge is 2.42. The van der Waals surface area contributed by atoms with Crippen molar-refractivity contribution in [3.8, 4) is 5.69 Å². The lowest BCUT2D eigenvalue weighted by Crippen LogP contribution is -2.52. The molecule has 0 spiro atoms. The lowest BCUT2D eigenvalue weighted by Gasteiger charge is -2.41. The molecule has 1 saturated heterocycles. The van der Waals surface area contributed by atoms with Gasteiger partial charge in [-0.2, -0.15) is 9.78 Å². The quantitative estimate of drug-likeness (QED) is 0.814. The van der Waals surface area contributed by atoms with Crippen molar-refractivity contribution in [2.24, 2.45) is 11.8 Å². The van der Waals surface area contributed by atoms with Crippen LogP contribution in [0, 0.1) is 11.8 Å². The van der Waals surface area contributed by atoms with E-state index >= 15 is 0 Å². The van der Waals surface area contributed by atoms with Crippen LogP contribution in [0.25, 0.3) is 5.69 Å². The van der Waals surface area contributed by atoms with Gasteiger partial charge in [-0.3, -0.25) is 9.69 Å². The molecule has 2 bridgehead atoms. The number of hydrogen-bond acceptors (Lipinski definition) is 4. The van der Waals surface area contributed by atoms with E-state index in [1.54, 1.807) is 6.20 Å². The first-order chi connectivity index (χ1) is 13.2. The van der Waals surface area contributed by atoms with Gasteiger partial charge in [-0.15, -0.1) is 0 Å². The Morgan fingerprint density at radius 3 is 2.44 bits per heavy atom. The van der Waals surface area contributed by atoms with Gasteiger partial charge in [0.15, 0.2) is 0 Å². The summed E-state index contributed by atoms with van der Waals surface area (Å²) in [5, 5.41) is 4.64. The normalized spacial score (nSPS) is 28.0. The van der Waals surface area contributed by atoms with E-state index in [1.807, 2.05) is 30.3 Å². The van der Waals surface area contributed by atoms with E-state index in [-0.39, 0.29) is 10.6 Å². The molecule has 1 aromatic heterocycles. The topological polar surface area (TPSA) is 41.4 Å². The largest absolute Gasteiger partial charge is 0.366 e. The number of nitrogens with zero attached hydrogens (tertiary/aromatic N) is 4. The van der Waals surface area contributed by atoms with Crippen molar-refractivity contribution in [3.63, 3.8) is 0 Å². The number of halogens is 1. The van der Waals surface area contributed by atoms with Gasteiger partial charge in [-0.25, -0.2) is 0 Å². The van der Waals surface area contributed by atoms with Gasteiger partial charge in [0.05, 0.1) is 17.6 Å². The zero-order valence-electron chi connectivity index (χ0n) is 15.4. The van der Waals surface area contributed by atoms with Gasteiger partial charge < -0.3 is 4.90 Å². The van der Waals surface area contributed by atoms with Crippen LogP contribution < -0.4 is 10.5 Å². The minimum atomic E-state index is -0.254. The van der Waals surface area contributed by atoms with Crippen molar-refractivity contribution in [1.82, 2.24) is 14.7 Å². The average molecular weight is 385 g/mol. The molecule has 6 heteroatoms. The van der Waals surface area contributed by atoms with Gasteiger partial charge in [-0.1, -0.05) is 36.2 Å². The molecule has 2 aromatic rings. The Bertz CT molecular complexity index is 875. The van der Waals surface area contributed by atoms with E-state index in [0.29, 0.717) is 0 Å². The molecule has 2 aliphatic carbocycles. The predicted octanol–water partition coefficient (Wildman–Crippen LogP) is 3.20. The highest BCUT2D eigenvalue weighted by Crippen LogP contribution is 2.46. The minimum Gasteiger partial charge on any atom is -0.366 e. The van der Waals surface area contributed by atoms with Crippen LogP contribution in [0.1, 0.15) is 25.7 Å². The Balaban J connectivity index is 1.31. The predicted molar refractivity (Wildman–Crippen MR) is 108 cm³/mol. The van der Waals surface area contributed by atoms with E-state index in [0.717, 1.165) is 55.4 Å². The molecule has 1 aliphatic heterocycles. The highest BCUT2D eigenvalue weighted by atomic mass is 35.5. The molecular formula is C21H25ClN4O. The summed E-state index contributed by atoms with van der Waals surface area (Å²) >= 11 is 6.47. The summed E-state index contributed by atoms with van der Waals surface area (Å²) in [4.78, 5) is 17.6. The van der Waals surface area contributed by atoms with Crippen LogP contribution in [-0.2, 0) is 0 Å². The second-order valence-corrected chi connectivity index (χ2v) is 8.54. The molecule has 3 unspecified atom stereocenters. The monoisotopic (exact) mass is 384 g/mol. The third-order valence-corrected chi connectivity index (χ3v) is 7.08. The number of hydrogen-bond donors (Lipinski definition) is 0. The molecule has 0 N–H and O–H groups in total. The number of fused-ring (bicyclic) bond motifs is 2. The van der Waals surface area contributed by atoms with E-state index in [4.69, 9.17) is 11.6 Å². The molecule has 3 fully saturated rings. The molecule has 2 heterocycles. The first-order valence-corrected chi connectivity index (χ1v) is 10.4. The third-order valence-electron chi connectivity index (χ3n) is 6.73.